The fourth-order valence-electron chi connectivity index (χ4n) is 3.42. The minimum Gasteiger partial charge on any atom is -0.462 e. The van der Waals surface area contributed by atoms with Crippen molar-refractivity contribution in [2.75, 3.05) is 6.61 Å². The van der Waals surface area contributed by atoms with Crippen LogP contribution in [-0.2, 0) is 4.74 Å². The summed E-state index contributed by atoms with van der Waals surface area (Å²) in [6.07, 6.45) is 21.7. The first-order chi connectivity index (χ1) is 13.3. The maximum atomic E-state index is 11.8. The van der Waals surface area contributed by atoms with E-state index in [2.05, 4.69) is 13.0 Å². The Bertz CT molecular complexity index is 441. The van der Waals surface area contributed by atoms with E-state index in [9.17, 15) is 4.79 Å². The molecule has 0 fully saturated rings. The molecule has 1 rings (SSSR count). The van der Waals surface area contributed by atoms with Crippen molar-refractivity contribution in [1.29, 1.82) is 0 Å². The van der Waals surface area contributed by atoms with E-state index in [1.807, 2.05) is 0 Å². The number of hydrogen-bond donors (Lipinski definition) is 0. The number of hydrogen-bond acceptors (Lipinski definition) is 2. The van der Waals surface area contributed by atoms with Crippen LogP contribution in [0.5, 0.6) is 0 Å². The Morgan fingerprint density at radius 2 is 1.11 bits per heavy atom. The Kier molecular flexibility index (Phi) is 15.9. The van der Waals surface area contributed by atoms with E-state index in [1.165, 1.54) is 89.9 Å². The average Bonchev–Trinajstić information content (AvgIpc) is 2.70. The van der Waals surface area contributed by atoms with Crippen LogP contribution in [-0.4, -0.2) is 12.6 Å². The van der Waals surface area contributed by atoms with Crippen LogP contribution in [0, 0.1) is 6.07 Å². The highest BCUT2D eigenvalue weighted by atomic mass is 16.5. The predicted molar refractivity (Wildman–Crippen MR) is 115 cm³/mol. The molecule has 0 aromatic heterocycles. The standard InChI is InChI=1S/C25H41O2/c1-2-3-4-5-6-7-8-9-10-11-12-13-14-15-16-20-23-27-25(26)24-21-18-17-19-22-24/h18-19,21-22H,2-16,20,23H2,1H3. The molecule has 0 bridgehead atoms. The highest BCUT2D eigenvalue weighted by Crippen LogP contribution is 2.13. The first-order valence-electron chi connectivity index (χ1n) is 11.5. The van der Waals surface area contributed by atoms with Crippen LogP contribution >= 0.6 is 0 Å². The first kappa shape index (κ1) is 23.7. The molecule has 153 valence electrons. The second kappa shape index (κ2) is 18.1. The topological polar surface area (TPSA) is 26.3 Å². The molecule has 0 atom stereocenters. The van der Waals surface area contributed by atoms with E-state index in [-0.39, 0.29) is 5.97 Å². The van der Waals surface area contributed by atoms with E-state index >= 15 is 0 Å². The van der Waals surface area contributed by atoms with E-state index < -0.39 is 0 Å². The van der Waals surface area contributed by atoms with Crippen LogP contribution < -0.4 is 0 Å². The van der Waals surface area contributed by atoms with Gasteiger partial charge in [0, 0.05) is 0 Å². The summed E-state index contributed by atoms with van der Waals surface area (Å²) in [5, 5.41) is 0. The highest BCUT2D eigenvalue weighted by molar-refractivity contribution is 5.89. The molecule has 0 aliphatic heterocycles. The minimum atomic E-state index is -0.218. The van der Waals surface area contributed by atoms with E-state index in [0.29, 0.717) is 12.2 Å². The molecule has 0 N–H and O–H groups in total. The zero-order valence-electron chi connectivity index (χ0n) is 17.6. The van der Waals surface area contributed by atoms with Gasteiger partial charge in [0.2, 0.25) is 0 Å². The third kappa shape index (κ3) is 14.4. The molecular weight excluding hydrogens is 332 g/mol. The normalized spacial score (nSPS) is 10.9. The molecule has 27 heavy (non-hydrogen) atoms. The second-order valence-corrected chi connectivity index (χ2v) is 7.73. The summed E-state index contributed by atoms with van der Waals surface area (Å²) in [4.78, 5) is 11.8. The Balaban J connectivity index is 1.75. The number of rotatable bonds is 18. The Labute approximate surface area is 168 Å². The molecule has 2 nitrogen and oxygen atoms in total. The molecule has 2 heteroatoms. The first-order valence-corrected chi connectivity index (χ1v) is 11.5. The molecule has 1 radical (unpaired) electrons. The monoisotopic (exact) mass is 373 g/mol. The summed E-state index contributed by atoms with van der Waals surface area (Å²) in [5.41, 5.74) is 0.616. The smallest absolute Gasteiger partial charge is 0.338 e. The number of ether oxygens (including phenoxy) is 1. The number of carbonyl (C=O) groups is 1. The van der Waals surface area contributed by atoms with Gasteiger partial charge in [-0.2, -0.15) is 0 Å². The van der Waals surface area contributed by atoms with Crippen molar-refractivity contribution in [2.45, 2.75) is 110 Å². The fraction of sp³-hybridized carbons (Fsp3) is 0.720. The average molecular weight is 374 g/mol. The van der Waals surface area contributed by atoms with Crippen molar-refractivity contribution in [3.05, 3.63) is 35.9 Å². The lowest BCUT2D eigenvalue weighted by molar-refractivity contribution is 0.0497. The lowest BCUT2D eigenvalue weighted by Crippen LogP contribution is -2.06. The highest BCUT2D eigenvalue weighted by Gasteiger charge is 2.04. The van der Waals surface area contributed by atoms with Crippen molar-refractivity contribution >= 4 is 5.97 Å². The summed E-state index contributed by atoms with van der Waals surface area (Å²) in [6.45, 7) is 2.82. The summed E-state index contributed by atoms with van der Waals surface area (Å²) < 4.78 is 5.29. The molecule has 0 saturated carbocycles. The molecular formula is C25H41O2. The Hall–Kier alpha value is -1.31. The van der Waals surface area contributed by atoms with Crippen molar-refractivity contribution in [3.63, 3.8) is 0 Å². The van der Waals surface area contributed by atoms with Gasteiger partial charge in [0.1, 0.15) is 0 Å². The third-order valence-electron chi connectivity index (χ3n) is 5.18. The van der Waals surface area contributed by atoms with Gasteiger partial charge < -0.3 is 4.74 Å². The van der Waals surface area contributed by atoms with E-state index in [1.54, 1.807) is 24.3 Å². The number of carbonyl (C=O) groups excluding carboxylic acids is 1. The van der Waals surface area contributed by atoms with Gasteiger partial charge >= 0.3 is 5.97 Å². The largest absolute Gasteiger partial charge is 0.462 e. The second-order valence-electron chi connectivity index (χ2n) is 7.73. The van der Waals surface area contributed by atoms with Gasteiger partial charge in [-0.1, -0.05) is 115 Å². The molecule has 0 saturated heterocycles. The zero-order chi connectivity index (χ0) is 19.4. The molecule has 0 aliphatic rings. The van der Waals surface area contributed by atoms with Crippen LogP contribution in [0.4, 0.5) is 0 Å². The minimum absolute atomic E-state index is 0.218. The summed E-state index contributed by atoms with van der Waals surface area (Å²) in [6, 6.07) is 9.88. The molecule has 1 aromatic rings. The van der Waals surface area contributed by atoms with Gasteiger partial charge in [-0.15, -0.1) is 0 Å². The molecule has 0 aliphatic carbocycles. The zero-order valence-corrected chi connectivity index (χ0v) is 17.6. The van der Waals surface area contributed by atoms with Crippen molar-refractivity contribution in [1.82, 2.24) is 0 Å². The molecule has 0 spiro atoms. The maximum absolute atomic E-state index is 11.8. The summed E-state index contributed by atoms with van der Waals surface area (Å²) in [5.74, 6) is -0.218. The van der Waals surface area contributed by atoms with E-state index in [4.69, 9.17) is 4.74 Å². The van der Waals surface area contributed by atoms with Crippen LogP contribution in [0.25, 0.3) is 0 Å². The quantitative estimate of drug-likeness (QED) is 0.193. The van der Waals surface area contributed by atoms with Gasteiger partial charge in [-0.05, 0) is 24.6 Å². The summed E-state index contributed by atoms with van der Waals surface area (Å²) >= 11 is 0. The number of benzene rings is 1. The van der Waals surface area contributed by atoms with Crippen LogP contribution in [0.1, 0.15) is 120 Å². The Morgan fingerprint density at radius 1 is 0.704 bits per heavy atom. The van der Waals surface area contributed by atoms with Crippen LogP contribution in [0.15, 0.2) is 24.3 Å². The number of esters is 1. The summed E-state index contributed by atoms with van der Waals surface area (Å²) in [7, 11) is 0. The van der Waals surface area contributed by atoms with Gasteiger partial charge in [0.25, 0.3) is 0 Å². The lowest BCUT2D eigenvalue weighted by atomic mass is 10.0. The fourth-order valence-corrected chi connectivity index (χ4v) is 3.42. The lowest BCUT2D eigenvalue weighted by Gasteiger charge is -2.05. The van der Waals surface area contributed by atoms with Gasteiger partial charge in [-0.3, -0.25) is 0 Å². The third-order valence-corrected chi connectivity index (χ3v) is 5.18. The van der Waals surface area contributed by atoms with Gasteiger partial charge in [-0.25, -0.2) is 4.79 Å². The van der Waals surface area contributed by atoms with Crippen molar-refractivity contribution in [2.24, 2.45) is 0 Å². The molecule has 0 amide bonds. The Morgan fingerprint density at radius 3 is 1.56 bits per heavy atom. The molecule has 0 heterocycles. The predicted octanol–water partition coefficient (Wildman–Crippen LogP) is 7.91. The van der Waals surface area contributed by atoms with Gasteiger partial charge in [0.05, 0.1) is 12.2 Å². The van der Waals surface area contributed by atoms with Crippen molar-refractivity contribution in [3.8, 4) is 0 Å². The van der Waals surface area contributed by atoms with E-state index in [0.717, 1.165) is 12.8 Å². The van der Waals surface area contributed by atoms with Crippen molar-refractivity contribution < 1.29 is 9.53 Å². The maximum Gasteiger partial charge on any atom is 0.338 e. The molecule has 0 unspecified atom stereocenters. The van der Waals surface area contributed by atoms with Gasteiger partial charge in [0.15, 0.2) is 0 Å². The van der Waals surface area contributed by atoms with Crippen LogP contribution in [0.3, 0.4) is 0 Å². The SMILES string of the molecule is CCCCCCCCCCCCCCCCCCOC(=O)c1cc[c]cc1. The van der Waals surface area contributed by atoms with Crippen LogP contribution in [0.2, 0.25) is 0 Å². The number of unbranched alkanes of at least 4 members (excludes halogenated alkanes) is 15. The molecule has 1 aromatic carbocycles.